The Bertz CT molecular complexity index is 799. The number of para-hydroxylation sites is 1. The molecule has 2 rings (SSSR count). The van der Waals surface area contributed by atoms with E-state index in [4.69, 9.17) is 28.6 Å². The predicted molar refractivity (Wildman–Crippen MR) is 114 cm³/mol. The van der Waals surface area contributed by atoms with Gasteiger partial charge in [0.1, 0.15) is 5.75 Å². The van der Waals surface area contributed by atoms with Crippen molar-refractivity contribution in [2.24, 2.45) is 5.92 Å². The van der Waals surface area contributed by atoms with Crippen LogP contribution in [0.3, 0.4) is 0 Å². The van der Waals surface area contributed by atoms with Crippen molar-refractivity contribution in [1.29, 1.82) is 0 Å². The quantitative estimate of drug-likeness (QED) is 0.552. The van der Waals surface area contributed by atoms with Gasteiger partial charge in [-0.2, -0.15) is 0 Å². The molecule has 2 aromatic carbocycles. The molecule has 0 aliphatic rings. The molecule has 0 aliphatic carbocycles. The van der Waals surface area contributed by atoms with E-state index in [0.29, 0.717) is 34.5 Å². The van der Waals surface area contributed by atoms with E-state index in [9.17, 15) is 4.79 Å². The Labute approximate surface area is 172 Å². The summed E-state index contributed by atoms with van der Waals surface area (Å²) in [5, 5.41) is 6.24. The molecule has 0 aromatic heterocycles. The summed E-state index contributed by atoms with van der Waals surface area (Å²) in [5.74, 6) is 0.966. The Hall–Kier alpha value is -1.63. The molecule has 0 heterocycles. The summed E-state index contributed by atoms with van der Waals surface area (Å²) in [7, 11) is 0. The van der Waals surface area contributed by atoms with Crippen LogP contribution in [0.4, 0.5) is 5.69 Å². The van der Waals surface area contributed by atoms with Crippen LogP contribution in [-0.4, -0.2) is 17.6 Å². The third-order valence-electron chi connectivity index (χ3n) is 3.50. The molecule has 0 saturated carbocycles. The number of halogens is 2. The van der Waals surface area contributed by atoms with Crippen LogP contribution in [0.15, 0.2) is 46.9 Å². The first kappa shape index (κ1) is 20.7. The number of rotatable bonds is 6. The maximum absolute atomic E-state index is 12.4. The van der Waals surface area contributed by atoms with Crippen molar-refractivity contribution < 1.29 is 9.53 Å². The fourth-order valence-corrected chi connectivity index (χ4v) is 2.93. The Morgan fingerprint density at radius 1 is 1.27 bits per heavy atom. The lowest BCUT2D eigenvalue weighted by atomic mass is 10.1. The Balaban J connectivity index is 1.95. The minimum atomic E-state index is -0.316. The van der Waals surface area contributed by atoms with Gasteiger partial charge in [-0.05, 0) is 70.8 Å². The first-order valence-corrected chi connectivity index (χ1v) is 9.74. The summed E-state index contributed by atoms with van der Waals surface area (Å²) in [5.41, 5.74) is 1.10. The monoisotopic (exact) mass is 454 g/mol. The van der Waals surface area contributed by atoms with Crippen LogP contribution in [0.5, 0.6) is 5.75 Å². The van der Waals surface area contributed by atoms with Crippen molar-refractivity contribution in [3.63, 3.8) is 0 Å². The molecule has 0 spiro atoms. The van der Waals surface area contributed by atoms with Crippen molar-refractivity contribution in [2.75, 3.05) is 11.9 Å². The summed E-state index contributed by atoms with van der Waals surface area (Å²) < 4.78 is 6.45. The maximum Gasteiger partial charge on any atom is 0.257 e. The molecule has 138 valence electrons. The molecule has 2 aromatic rings. The third-order valence-corrected chi connectivity index (χ3v) is 4.65. The average molecular weight is 456 g/mol. The van der Waals surface area contributed by atoms with Gasteiger partial charge in [-0.15, -0.1) is 0 Å². The summed E-state index contributed by atoms with van der Waals surface area (Å²) in [6, 6.07) is 12.3. The minimum Gasteiger partial charge on any atom is -0.492 e. The average Bonchev–Trinajstić information content (AvgIpc) is 2.58. The van der Waals surface area contributed by atoms with Gasteiger partial charge in [0.2, 0.25) is 0 Å². The zero-order valence-corrected chi connectivity index (χ0v) is 17.7. The highest BCUT2D eigenvalue weighted by molar-refractivity contribution is 9.10. The Morgan fingerprint density at radius 2 is 2.00 bits per heavy atom. The zero-order chi connectivity index (χ0) is 19.1. The van der Waals surface area contributed by atoms with Gasteiger partial charge in [0.05, 0.1) is 21.8 Å². The van der Waals surface area contributed by atoms with Gasteiger partial charge >= 0.3 is 0 Å². The van der Waals surface area contributed by atoms with E-state index in [-0.39, 0.29) is 11.0 Å². The number of nitrogens with one attached hydrogen (secondary N) is 2. The number of carbonyl (C=O) groups is 1. The van der Waals surface area contributed by atoms with Crippen LogP contribution in [0.1, 0.15) is 30.6 Å². The first-order valence-electron chi connectivity index (χ1n) is 8.16. The second kappa shape index (κ2) is 9.90. The molecular formula is C19H20BrClN2O2S. The van der Waals surface area contributed by atoms with E-state index in [1.165, 1.54) is 0 Å². The second-order valence-electron chi connectivity index (χ2n) is 6.06. The normalized spacial score (nSPS) is 10.5. The molecule has 0 atom stereocenters. The lowest BCUT2D eigenvalue weighted by Gasteiger charge is -2.12. The highest BCUT2D eigenvalue weighted by atomic mass is 79.9. The van der Waals surface area contributed by atoms with Crippen LogP contribution < -0.4 is 15.4 Å². The molecular weight excluding hydrogens is 436 g/mol. The third kappa shape index (κ3) is 6.27. The van der Waals surface area contributed by atoms with Gasteiger partial charge in [-0.3, -0.25) is 10.1 Å². The number of benzene rings is 2. The number of hydrogen-bond acceptors (Lipinski definition) is 3. The molecule has 7 heteroatoms. The smallest absolute Gasteiger partial charge is 0.257 e. The van der Waals surface area contributed by atoms with E-state index in [2.05, 4.69) is 40.4 Å². The standard InChI is InChI=1S/C19H20BrClN2O2S/c1-12(2)9-10-25-17-8-7-13(11-14(17)20)18(24)23-19(26)22-16-6-4-3-5-15(16)21/h3-8,11-12H,9-10H2,1-2H3,(H2,22,23,24,26). The highest BCUT2D eigenvalue weighted by Crippen LogP contribution is 2.26. The van der Waals surface area contributed by atoms with Gasteiger partial charge in [0.15, 0.2) is 5.11 Å². The molecule has 4 nitrogen and oxygen atoms in total. The van der Waals surface area contributed by atoms with Gasteiger partial charge in [-0.1, -0.05) is 37.6 Å². The summed E-state index contributed by atoms with van der Waals surface area (Å²) in [6.45, 7) is 4.92. The van der Waals surface area contributed by atoms with Crippen LogP contribution in [0.2, 0.25) is 5.02 Å². The van der Waals surface area contributed by atoms with Crippen molar-refractivity contribution in [1.82, 2.24) is 5.32 Å². The van der Waals surface area contributed by atoms with Crippen LogP contribution in [0, 0.1) is 5.92 Å². The molecule has 1 amide bonds. The lowest BCUT2D eigenvalue weighted by Crippen LogP contribution is -2.34. The van der Waals surface area contributed by atoms with Gasteiger partial charge in [0, 0.05) is 5.56 Å². The van der Waals surface area contributed by atoms with Crippen LogP contribution in [-0.2, 0) is 0 Å². The number of anilines is 1. The van der Waals surface area contributed by atoms with E-state index in [1.54, 1.807) is 30.3 Å². The Kier molecular flexibility index (Phi) is 7.87. The molecule has 0 saturated heterocycles. The molecule has 0 bridgehead atoms. The SMILES string of the molecule is CC(C)CCOc1ccc(C(=O)NC(=S)Nc2ccccc2Cl)cc1Br. The Morgan fingerprint density at radius 3 is 2.65 bits per heavy atom. The number of carbonyl (C=O) groups excluding carboxylic acids is 1. The molecule has 0 aliphatic heterocycles. The van der Waals surface area contributed by atoms with E-state index in [0.717, 1.165) is 10.9 Å². The number of ether oxygens (including phenoxy) is 1. The van der Waals surface area contributed by atoms with E-state index >= 15 is 0 Å². The zero-order valence-electron chi connectivity index (χ0n) is 14.5. The predicted octanol–water partition coefficient (Wildman–Crippen LogP) is 5.65. The summed E-state index contributed by atoms with van der Waals surface area (Å²) in [6.07, 6.45) is 0.969. The first-order chi connectivity index (χ1) is 12.4. The van der Waals surface area contributed by atoms with E-state index < -0.39 is 0 Å². The summed E-state index contributed by atoms with van der Waals surface area (Å²) in [4.78, 5) is 12.4. The van der Waals surface area contributed by atoms with Crippen molar-refractivity contribution in [2.45, 2.75) is 20.3 Å². The molecule has 26 heavy (non-hydrogen) atoms. The van der Waals surface area contributed by atoms with Crippen LogP contribution >= 0.6 is 39.7 Å². The molecule has 0 radical (unpaired) electrons. The lowest BCUT2D eigenvalue weighted by molar-refractivity contribution is 0.0977. The van der Waals surface area contributed by atoms with Gasteiger partial charge in [-0.25, -0.2) is 0 Å². The fraction of sp³-hybridized carbons (Fsp3) is 0.263. The number of thiocarbonyl (C=S) groups is 1. The van der Waals surface area contributed by atoms with Crippen molar-refractivity contribution in [3.05, 3.63) is 57.5 Å². The molecule has 0 unspecified atom stereocenters. The summed E-state index contributed by atoms with van der Waals surface area (Å²) >= 11 is 14.7. The fourth-order valence-electron chi connectivity index (χ4n) is 2.06. The second-order valence-corrected chi connectivity index (χ2v) is 7.73. The minimum absolute atomic E-state index is 0.177. The van der Waals surface area contributed by atoms with E-state index in [1.807, 2.05) is 12.1 Å². The van der Waals surface area contributed by atoms with Crippen LogP contribution in [0.25, 0.3) is 0 Å². The van der Waals surface area contributed by atoms with Gasteiger partial charge < -0.3 is 10.1 Å². The topological polar surface area (TPSA) is 50.4 Å². The maximum atomic E-state index is 12.4. The number of amides is 1. The van der Waals surface area contributed by atoms with Crippen molar-refractivity contribution >= 4 is 56.5 Å². The molecule has 2 N–H and O–H groups in total. The van der Waals surface area contributed by atoms with Crippen molar-refractivity contribution in [3.8, 4) is 5.75 Å². The number of hydrogen-bond donors (Lipinski definition) is 2. The molecule has 0 fully saturated rings. The highest BCUT2D eigenvalue weighted by Gasteiger charge is 2.12. The van der Waals surface area contributed by atoms with Gasteiger partial charge in [0.25, 0.3) is 5.91 Å². The largest absolute Gasteiger partial charge is 0.492 e.